The summed E-state index contributed by atoms with van der Waals surface area (Å²) in [6, 6.07) is 12.0. The Hall–Kier alpha value is -0.700. The quantitative estimate of drug-likeness (QED) is 0.610. The van der Waals surface area contributed by atoms with E-state index in [0.29, 0.717) is 5.02 Å². The van der Waals surface area contributed by atoms with E-state index in [1.165, 1.54) is 5.56 Å². The highest BCUT2D eigenvalue weighted by atomic mass is 79.9. The molecule has 0 saturated carbocycles. The monoisotopic (exact) mass is 370 g/mol. The molecule has 0 aliphatic carbocycles. The molecule has 0 N–H and O–H groups in total. The number of aryl methyl sites for hydroxylation is 1. The lowest BCUT2D eigenvalue weighted by molar-refractivity contribution is 0.288. The van der Waals surface area contributed by atoms with Crippen molar-refractivity contribution in [2.24, 2.45) is 0 Å². The van der Waals surface area contributed by atoms with Crippen LogP contribution in [0.2, 0.25) is 5.02 Å². The number of rotatable bonds is 2. The van der Waals surface area contributed by atoms with E-state index in [4.69, 9.17) is 27.9 Å². The molecule has 1 aliphatic heterocycles. The van der Waals surface area contributed by atoms with Crippen LogP contribution in [0.1, 0.15) is 28.5 Å². The van der Waals surface area contributed by atoms with E-state index >= 15 is 0 Å². The van der Waals surface area contributed by atoms with Gasteiger partial charge in [0.05, 0.1) is 17.0 Å². The maximum absolute atomic E-state index is 6.58. The Labute approximate surface area is 137 Å². The van der Waals surface area contributed by atoms with Gasteiger partial charge in [-0.3, -0.25) is 0 Å². The Morgan fingerprint density at radius 2 is 1.85 bits per heavy atom. The van der Waals surface area contributed by atoms with Gasteiger partial charge in [0.15, 0.2) is 0 Å². The Balaban J connectivity index is 1.93. The third kappa shape index (κ3) is 2.83. The van der Waals surface area contributed by atoms with E-state index in [2.05, 4.69) is 22.0 Å². The molecule has 1 aliphatic rings. The zero-order valence-electron chi connectivity index (χ0n) is 10.7. The minimum absolute atomic E-state index is 0.201. The van der Waals surface area contributed by atoms with Crippen molar-refractivity contribution in [2.45, 2.75) is 18.2 Å². The molecule has 0 spiro atoms. The van der Waals surface area contributed by atoms with E-state index in [1.807, 2.05) is 30.3 Å². The summed E-state index contributed by atoms with van der Waals surface area (Å²) in [5, 5.41) is 0.474. The van der Waals surface area contributed by atoms with Crippen molar-refractivity contribution in [3.05, 3.63) is 62.6 Å². The lowest BCUT2D eigenvalue weighted by atomic mass is 9.99. The van der Waals surface area contributed by atoms with Crippen LogP contribution in [0.4, 0.5) is 0 Å². The molecule has 0 bridgehead atoms. The normalized spacial score (nSPS) is 15.3. The van der Waals surface area contributed by atoms with Crippen molar-refractivity contribution in [3.63, 3.8) is 0 Å². The van der Waals surface area contributed by atoms with Crippen molar-refractivity contribution in [3.8, 4) is 5.75 Å². The first kappa shape index (κ1) is 14.2. The third-order valence-electron chi connectivity index (χ3n) is 3.46. The molecule has 1 nitrogen and oxygen atoms in total. The number of benzene rings is 2. The van der Waals surface area contributed by atoms with E-state index in [9.17, 15) is 0 Å². The molecule has 2 aromatic rings. The fraction of sp³-hybridized carbons (Fsp3) is 0.250. The molecule has 2 aromatic carbocycles. The van der Waals surface area contributed by atoms with Gasteiger partial charge in [-0.05, 0) is 63.7 Å². The van der Waals surface area contributed by atoms with Crippen LogP contribution in [-0.2, 0) is 6.42 Å². The fourth-order valence-electron chi connectivity index (χ4n) is 2.40. The molecule has 104 valence electrons. The van der Waals surface area contributed by atoms with E-state index in [0.717, 1.165) is 40.8 Å². The molecule has 0 amide bonds. The van der Waals surface area contributed by atoms with Crippen molar-refractivity contribution >= 4 is 39.1 Å². The van der Waals surface area contributed by atoms with Crippen molar-refractivity contribution < 1.29 is 4.74 Å². The maximum atomic E-state index is 6.58. The van der Waals surface area contributed by atoms with Crippen molar-refractivity contribution in [2.75, 3.05) is 6.61 Å². The predicted molar refractivity (Wildman–Crippen MR) is 87.1 cm³/mol. The highest BCUT2D eigenvalue weighted by Crippen LogP contribution is 2.35. The van der Waals surface area contributed by atoms with Crippen molar-refractivity contribution in [1.82, 2.24) is 0 Å². The number of hydrogen-bond donors (Lipinski definition) is 0. The van der Waals surface area contributed by atoms with Crippen LogP contribution in [0.5, 0.6) is 5.75 Å². The molecule has 0 aromatic heterocycles. The first-order valence-electron chi connectivity index (χ1n) is 6.50. The molecule has 0 fully saturated rings. The van der Waals surface area contributed by atoms with Gasteiger partial charge in [-0.25, -0.2) is 0 Å². The average molecular weight is 372 g/mol. The van der Waals surface area contributed by atoms with E-state index in [1.54, 1.807) is 0 Å². The fourth-order valence-corrected chi connectivity index (χ4v) is 3.11. The molecule has 4 heteroatoms. The molecule has 1 unspecified atom stereocenters. The van der Waals surface area contributed by atoms with Crippen LogP contribution in [0, 0.1) is 0 Å². The Bertz CT molecular complexity index is 642. The van der Waals surface area contributed by atoms with Gasteiger partial charge in [-0.15, -0.1) is 11.6 Å². The number of halogens is 3. The predicted octanol–water partition coefficient (Wildman–Crippen LogP) is 5.76. The first-order valence-corrected chi connectivity index (χ1v) is 8.10. The van der Waals surface area contributed by atoms with Gasteiger partial charge >= 0.3 is 0 Å². The van der Waals surface area contributed by atoms with Crippen LogP contribution in [0.25, 0.3) is 0 Å². The number of hydrogen-bond acceptors (Lipinski definition) is 1. The van der Waals surface area contributed by atoms with Gasteiger partial charge in [-0.1, -0.05) is 29.8 Å². The summed E-state index contributed by atoms with van der Waals surface area (Å²) >= 11 is 16.1. The van der Waals surface area contributed by atoms with Crippen LogP contribution in [-0.4, -0.2) is 6.61 Å². The summed E-state index contributed by atoms with van der Waals surface area (Å²) in [4.78, 5) is 0. The molecular weight excluding hydrogens is 359 g/mol. The van der Waals surface area contributed by atoms with Gasteiger partial charge in [-0.2, -0.15) is 0 Å². The molecule has 0 radical (unpaired) electrons. The SMILES string of the molecule is Clc1cc(C(Cl)c2ccc3c(c2)CCCO3)ccc1Br. The van der Waals surface area contributed by atoms with Gasteiger partial charge < -0.3 is 4.74 Å². The summed E-state index contributed by atoms with van der Waals surface area (Å²) in [5.74, 6) is 0.984. The minimum atomic E-state index is -0.201. The summed E-state index contributed by atoms with van der Waals surface area (Å²) in [7, 11) is 0. The summed E-state index contributed by atoms with van der Waals surface area (Å²) in [6.07, 6.45) is 2.11. The van der Waals surface area contributed by atoms with Gasteiger partial charge in [0.1, 0.15) is 5.75 Å². The second-order valence-corrected chi connectivity index (χ2v) is 6.55. The van der Waals surface area contributed by atoms with Gasteiger partial charge in [0, 0.05) is 4.47 Å². The third-order valence-corrected chi connectivity index (χ3v) is 5.20. The van der Waals surface area contributed by atoms with Crippen molar-refractivity contribution in [1.29, 1.82) is 0 Å². The smallest absolute Gasteiger partial charge is 0.122 e. The highest BCUT2D eigenvalue weighted by Gasteiger charge is 2.16. The Kier molecular flexibility index (Phi) is 4.25. The maximum Gasteiger partial charge on any atom is 0.122 e. The second kappa shape index (κ2) is 5.97. The van der Waals surface area contributed by atoms with E-state index in [-0.39, 0.29) is 5.38 Å². The Morgan fingerprint density at radius 1 is 1.10 bits per heavy atom. The molecule has 1 heterocycles. The molecule has 3 rings (SSSR count). The van der Waals surface area contributed by atoms with Crippen LogP contribution < -0.4 is 4.74 Å². The largest absolute Gasteiger partial charge is 0.493 e. The Morgan fingerprint density at radius 3 is 2.65 bits per heavy atom. The number of alkyl halides is 1. The molecule has 20 heavy (non-hydrogen) atoms. The molecule has 1 atom stereocenters. The zero-order chi connectivity index (χ0) is 14.1. The average Bonchev–Trinajstić information content (AvgIpc) is 2.49. The van der Waals surface area contributed by atoms with Crippen LogP contribution in [0.3, 0.4) is 0 Å². The molecular formula is C16H13BrCl2O. The summed E-state index contributed by atoms with van der Waals surface area (Å²) in [5.41, 5.74) is 3.31. The number of fused-ring (bicyclic) bond motifs is 1. The zero-order valence-corrected chi connectivity index (χ0v) is 13.8. The summed E-state index contributed by atoms with van der Waals surface area (Å²) in [6.45, 7) is 0.805. The summed E-state index contributed by atoms with van der Waals surface area (Å²) < 4.78 is 6.51. The highest BCUT2D eigenvalue weighted by molar-refractivity contribution is 9.10. The van der Waals surface area contributed by atoms with E-state index < -0.39 is 0 Å². The molecule has 0 saturated heterocycles. The number of ether oxygens (including phenoxy) is 1. The van der Waals surface area contributed by atoms with Gasteiger partial charge in [0.25, 0.3) is 0 Å². The topological polar surface area (TPSA) is 9.23 Å². The standard InChI is InChI=1S/C16H13BrCl2O/c17-13-5-3-12(9-14(13)18)16(19)11-4-6-15-10(8-11)2-1-7-20-15/h3-6,8-9,16H,1-2,7H2. The first-order chi connectivity index (χ1) is 9.65. The lowest BCUT2D eigenvalue weighted by Gasteiger charge is -2.19. The van der Waals surface area contributed by atoms with Crippen LogP contribution >= 0.6 is 39.1 Å². The second-order valence-electron chi connectivity index (χ2n) is 4.86. The van der Waals surface area contributed by atoms with Gasteiger partial charge in [0.2, 0.25) is 0 Å². The minimum Gasteiger partial charge on any atom is -0.493 e. The lowest BCUT2D eigenvalue weighted by Crippen LogP contribution is -2.08. The van der Waals surface area contributed by atoms with Crippen LogP contribution in [0.15, 0.2) is 40.9 Å².